The number of ether oxygens (including phenoxy) is 1. The lowest BCUT2D eigenvalue weighted by molar-refractivity contribution is -0.138. The minimum Gasteiger partial charge on any atom is -0.480 e. The number of hydrogen-bond donors (Lipinski definition) is 3. The maximum Gasteiger partial charge on any atom is 0.375 e. The van der Waals surface area contributed by atoms with E-state index < -0.39 is 23.7 Å². The third-order valence-electron chi connectivity index (χ3n) is 2.41. The van der Waals surface area contributed by atoms with E-state index >= 15 is 0 Å². The van der Waals surface area contributed by atoms with Gasteiger partial charge in [-0.05, 0) is 11.6 Å². The van der Waals surface area contributed by atoms with Crippen molar-refractivity contribution in [3.8, 4) is 5.88 Å². The lowest BCUT2D eigenvalue weighted by Gasteiger charge is -2.06. The zero-order chi connectivity index (χ0) is 15.1. The van der Waals surface area contributed by atoms with Crippen LogP contribution in [-0.2, 0) is 11.2 Å². The van der Waals surface area contributed by atoms with E-state index in [4.69, 9.17) is 20.7 Å². The van der Waals surface area contributed by atoms with Gasteiger partial charge in [-0.3, -0.25) is 4.79 Å². The summed E-state index contributed by atoms with van der Waals surface area (Å²) < 4.78 is 9.89. The van der Waals surface area contributed by atoms with E-state index in [-0.39, 0.29) is 24.5 Å². The number of rotatable bonds is 8. The van der Waals surface area contributed by atoms with E-state index in [9.17, 15) is 9.59 Å². The lowest BCUT2D eigenvalue weighted by atomic mass is 10.1. The van der Waals surface area contributed by atoms with E-state index in [0.717, 1.165) is 6.42 Å². The van der Waals surface area contributed by atoms with Crippen LogP contribution in [0.3, 0.4) is 0 Å². The molecular formula is C12H16N2O6. The summed E-state index contributed by atoms with van der Waals surface area (Å²) in [6.45, 7) is 2.13. The number of aliphatic carboxylic acids is 1. The van der Waals surface area contributed by atoms with E-state index in [2.05, 4.69) is 9.68 Å². The molecule has 1 atom stereocenters. The Morgan fingerprint density at radius 1 is 1.45 bits per heavy atom. The first-order valence-corrected chi connectivity index (χ1v) is 5.95. The molecule has 0 aliphatic heterocycles. The van der Waals surface area contributed by atoms with Gasteiger partial charge in [0.25, 0.3) is 11.6 Å². The topological polar surface area (TPSA) is 136 Å². The highest BCUT2D eigenvalue weighted by Gasteiger charge is 2.26. The predicted octanol–water partition coefficient (Wildman–Crippen LogP) is 0.672. The van der Waals surface area contributed by atoms with Gasteiger partial charge in [-0.15, -0.1) is 0 Å². The second-order valence-electron chi connectivity index (χ2n) is 3.94. The number of carboxylic acid groups (broad SMARTS) is 2. The molecule has 1 aromatic rings. The van der Waals surface area contributed by atoms with Crippen molar-refractivity contribution in [1.82, 2.24) is 5.16 Å². The number of carboxylic acids is 2. The fraction of sp³-hybridized carbons (Fsp3) is 0.417. The van der Waals surface area contributed by atoms with Gasteiger partial charge in [0.05, 0.1) is 5.56 Å². The van der Waals surface area contributed by atoms with Gasteiger partial charge in [0.2, 0.25) is 0 Å². The fourth-order valence-corrected chi connectivity index (χ4v) is 1.42. The van der Waals surface area contributed by atoms with Gasteiger partial charge < -0.3 is 25.2 Å². The molecule has 4 N–H and O–H groups in total. The van der Waals surface area contributed by atoms with Crippen molar-refractivity contribution in [2.45, 2.75) is 25.8 Å². The Hall–Kier alpha value is -2.35. The quantitative estimate of drug-likeness (QED) is 0.592. The molecule has 0 aliphatic carbocycles. The molecule has 1 aromatic heterocycles. The molecule has 0 bridgehead atoms. The second kappa shape index (κ2) is 7.29. The standard InChI is InChI=1S/C12H16N2O6/c1-2-3-4-5-19-10-7(6-8(13)11(15)16)9(12(17)18)20-14-10/h3-4,8H,2,5-6,13H2,1H3,(H,15,16)(H,17,18)/t8-/m0/s1. The normalized spacial score (nSPS) is 12.5. The smallest absolute Gasteiger partial charge is 0.375 e. The highest BCUT2D eigenvalue weighted by molar-refractivity contribution is 5.87. The first kappa shape index (κ1) is 15.7. The SMILES string of the molecule is CCC=CCOc1noc(C(=O)O)c1C[C@H](N)C(=O)O. The Kier molecular flexibility index (Phi) is 5.73. The average Bonchev–Trinajstić information content (AvgIpc) is 2.77. The van der Waals surface area contributed by atoms with Crippen molar-refractivity contribution in [2.75, 3.05) is 6.61 Å². The molecule has 20 heavy (non-hydrogen) atoms. The second-order valence-corrected chi connectivity index (χ2v) is 3.94. The Bertz CT molecular complexity index is 508. The summed E-state index contributed by atoms with van der Waals surface area (Å²) in [5.41, 5.74) is 5.43. The maximum absolute atomic E-state index is 11.0. The molecular weight excluding hydrogens is 268 g/mol. The van der Waals surface area contributed by atoms with Crippen LogP contribution in [0.5, 0.6) is 5.88 Å². The van der Waals surface area contributed by atoms with Crippen LogP contribution < -0.4 is 10.5 Å². The Morgan fingerprint density at radius 3 is 2.70 bits per heavy atom. The van der Waals surface area contributed by atoms with Crippen molar-refractivity contribution in [3.63, 3.8) is 0 Å². The van der Waals surface area contributed by atoms with Crippen LogP contribution >= 0.6 is 0 Å². The predicted molar refractivity (Wildman–Crippen MR) is 67.7 cm³/mol. The third-order valence-corrected chi connectivity index (χ3v) is 2.41. The van der Waals surface area contributed by atoms with E-state index in [1.165, 1.54) is 0 Å². The van der Waals surface area contributed by atoms with Crippen LogP contribution in [0.1, 0.15) is 29.5 Å². The van der Waals surface area contributed by atoms with Crippen molar-refractivity contribution < 1.29 is 29.1 Å². The highest BCUT2D eigenvalue weighted by Crippen LogP contribution is 2.23. The Morgan fingerprint density at radius 2 is 2.15 bits per heavy atom. The van der Waals surface area contributed by atoms with Crippen molar-refractivity contribution in [2.24, 2.45) is 5.73 Å². The largest absolute Gasteiger partial charge is 0.480 e. The molecule has 0 unspecified atom stereocenters. The summed E-state index contributed by atoms with van der Waals surface area (Å²) in [6.07, 6.45) is 4.18. The molecule has 0 saturated heterocycles. The molecule has 0 radical (unpaired) electrons. The molecule has 0 spiro atoms. The summed E-state index contributed by atoms with van der Waals surface area (Å²) in [4.78, 5) is 21.7. The molecule has 110 valence electrons. The number of hydrogen-bond acceptors (Lipinski definition) is 6. The number of allylic oxidation sites excluding steroid dienone is 1. The summed E-state index contributed by atoms with van der Waals surface area (Å²) in [5.74, 6) is -3.13. The Labute approximate surface area is 114 Å². The molecule has 1 rings (SSSR count). The van der Waals surface area contributed by atoms with Crippen LogP contribution in [0, 0.1) is 0 Å². The monoisotopic (exact) mass is 284 g/mol. The van der Waals surface area contributed by atoms with Crippen LogP contribution in [0.15, 0.2) is 16.7 Å². The number of nitrogens with zero attached hydrogens (tertiary/aromatic N) is 1. The summed E-state index contributed by atoms with van der Waals surface area (Å²) in [5, 5.41) is 21.2. The van der Waals surface area contributed by atoms with Gasteiger partial charge >= 0.3 is 11.9 Å². The van der Waals surface area contributed by atoms with E-state index in [0.29, 0.717) is 0 Å². The van der Waals surface area contributed by atoms with Crippen molar-refractivity contribution in [3.05, 3.63) is 23.5 Å². The Balaban J connectivity index is 2.91. The van der Waals surface area contributed by atoms with E-state index in [1.54, 1.807) is 6.08 Å². The van der Waals surface area contributed by atoms with Gasteiger partial charge in [-0.2, -0.15) is 0 Å². The van der Waals surface area contributed by atoms with Gasteiger partial charge in [0.15, 0.2) is 0 Å². The third kappa shape index (κ3) is 4.09. The zero-order valence-corrected chi connectivity index (χ0v) is 10.9. The first-order valence-electron chi connectivity index (χ1n) is 5.95. The van der Waals surface area contributed by atoms with Crippen LogP contribution in [0.25, 0.3) is 0 Å². The molecule has 0 saturated carbocycles. The summed E-state index contributed by atoms with van der Waals surface area (Å²) >= 11 is 0. The maximum atomic E-state index is 11.0. The molecule has 1 heterocycles. The van der Waals surface area contributed by atoms with Crippen LogP contribution in [0.4, 0.5) is 0 Å². The summed E-state index contributed by atoms with van der Waals surface area (Å²) in [6, 6.07) is -1.26. The minimum absolute atomic E-state index is 0.0392. The van der Waals surface area contributed by atoms with Crippen LogP contribution in [-0.4, -0.2) is 40.0 Å². The number of aromatic nitrogens is 1. The molecule has 0 aromatic carbocycles. The van der Waals surface area contributed by atoms with Gasteiger partial charge in [-0.25, -0.2) is 4.79 Å². The van der Waals surface area contributed by atoms with E-state index in [1.807, 2.05) is 13.0 Å². The van der Waals surface area contributed by atoms with Crippen molar-refractivity contribution in [1.29, 1.82) is 0 Å². The fourth-order valence-electron chi connectivity index (χ4n) is 1.42. The molecule has 8 heteroatoms. The zero-order valence-electron chi connectivity index (χ0n) is 10.9. The highest BCUT2D eigenvalue weighted by atomic mass is 16.5. The summed E-state index contributed by atoms with van der Waals surface area (Å²) in [7, 11) is 0. The molecule has 0 fully saturated rings. The number of carbonyl (C=O) groups is 2. The first-order chi connectivity index (χ1) is 9.47. The van der Waals surface area contributed by atoms with Gasteiger partial charge in [-0.1, -0.05) is 19.1 Å². The van der Waals surface area contributed by atoms with Crippen molar-refractivity contribution >= 4 is 11.9 Å². The van der Waals surface area contributed by atoms with Gasteiger partial charge in [0.1, 0.15) is 12.6 Å². The minimum atomic E-state index is -1.36. The number of nitrogens with two attached hydrogens (primary N) is 1. The number of aromatic carboxylic acids is 1. The average molecular weight is 284 g/mol. The molecule has 8 nitrogen and oxygen atoms in total. The molecule has 0 amide bonds. The van der Waals surface area contributed by atoms with Gasteiger partial charge in [0, 0.05) is 6.42 Å². The lowest BCUT2D eigenvalue weighted by Crippen LogP contribution is -2.32. The molecule has 0 aliphatic rings. The van der Waals surface area contributed by atoms with Crippen LogP contribution in [0.2, 0.25) is 0 Å².